The van der Waals surface area contributed by atoms with Crippen LogP contribution < -0.4 is 9.47 Å². The first-order chi connectivity index (χ1) is 14.0. The van der Waals surface area contributed by atoms with E-state index in [0.29, 0.717) is 31.7 Å². The summed E-state index contributed by atoms with van der Waals surface area (Å²) in [6.45, 7) is 0.609. The van der Waals surface area contributed by atoms with Crippen LogP contribution in [0.5, 0.6) is 11.5 Å². The number of pyridine rings is 1. The van der Waals surface area contributed by atoms with Gasteiger partial charge in [0.25, 0.3) is 0 Å². The van der Waals surface area contributed by atoms with Crippen molar-refractivity contribution >= 4 is 20.9 Å². The molecule has 152 valence electrons. The van der Waals surface area contributed by atoms with Gasteiger partial charge in [0.2, 0.25) is 10.0 Å². The Balaban J connectivity index is 1.45. The predicted octanol–water partition coefficient (Wildman–Crippen LogP) is 3.61. The summed E-state index contributed by atoms with van der Waals surface area (Å²) in [7, 11) is -2.43. The monoisotopic (exact) mass is 416 g/mol. The van der Waals surface area contributed by atoms with Gasteiger partial charge in [0, 0.05) is 24.7 Å². The minimum Gasteiger partial charge on any atom is -0.494 e. The summed E-state index contributed by atoms with van der Waals surface area (Å²) >= 11 is 0. The molecule has 3 aromatic rings. The van der Waals surface area contributed by atoms with Crippen LogP contribution in [-0.2, 0) is 10.0 Å². The number of halogens is 1. The average Bonchev–Trinajstić information content (AvgIpc) is 2.74. The van der Waals surface area contributed by atoms with Crippen molar-refractivity contribution in [3.8, 4) is 11.5 Å². The molecular formula is C21H21FN2O4S. The summed E-state index contributed by atoms with van der Waals surface area (Å²) < 4.78 is 52.0. The zero-order valence-corrected chi connectivity index (χ0v) is 16.7. The smallest absolute Gasteiger partial charge is 0.243 e. The van der Waals surface area contributed by atoms with Crippen LogP contribution in [0.15, 0.2) is 59.6 Å². The van der Waals surface area contributed by atoms with Gasteiger partial charge in [-0.05, 0) is 43.2 Å². The first-order valence-electron chi connectivity index (χ1n) is 9.33. The maximum atomic E-state index is 13.9. The molecular weight excluding hydrogens is 395 g/mol. The predicted molar refractivity (Wildman–Crippen MR) is 107 cm³/mol. The number of ether oxygens (including phenoxy) is 2. The molecule has 2 heterocycles. The number of fused-ring (bicyclic) bond motifs is 1. The van der Waals surface area contributed by atoms with Gasteiger partial charge in [-0.3, -0.25) is 4.98 Å². The molecule has 0 saturated carbocycles. The van der Waals surface area contributed by atoms with E-state index in [1.54, 1.807) is 6.20 Å². The molecule has 0 amide bonds. The Morgan fingerprint density at radius 2 is 1.83 bits per heavy atom. The summed E-state index contributed by atoms with van der Waals surface area (Å²) in [6.07, 6.45) is 2.70. The van der Waals surface area contributed by atoms with Gasteiger partial charge in [-0.1, -0.05) is 18.2 Å². The normalized spacial score (nSPS) is 16.1. The average molecular weight is 416 g/mol. The highest BCUT2D eigenvalue weighted by Gasteiger charge is 2.31. The van der Waals surface area contributed by atoms with Crippen LogP contribution in [0, 0.1) is 5.82 Å². The molecule has 2 aromatic carbocycles. The van der Waals surface area contributed by atoms with E-state index >= 15 is 0 Å². The van der Waals surface area contributed by atoms with E-state index in [9.17, 15) is 12.8 Å². The van der Waals surface area contributed by atoms with Gasteiger partial charge in [0.05, 0.1) is 12.0 Å². The molecule has 29 heavy (non-hydrogen) atoms. The number of methoxy groups -OCH3 is 1. The highest BCUT2D eigenvalue weighted by Crippen LogP contribution is 2.29. The Morgan fingerprint density at radius 1 is 1.07 bits per heavy atom. The van der Waals surface area contributed by atoms with Crippen molar-refractivity contribution < 1.29 is 22.3 Å². The molecule has 8 heteroatoms. The number of rotatable bonds is 5. The van der Waals surface area contributed by atoms with E-state index in [1.807, 2.05) is 30.3 Å². The first kappa shape index (κ1) is 19.6. The van der Waals surface area contributed by atoms with Crippen molar-refractivity contribution in [1.29, 1.82) is 0 Å². The first-order valence-corrected chi connectivity index (χ1v) is 10.8. The molecule has 0 spiro atoms. The summed E-state index contributed by atoms with van der Waals surface area (Å²) in [4.78, 5) is 4.31. The minimum atomic E-state index is -3.77. The maximum Gasteiger partial charge on any atom is 0.243 e. The third-order valence-corrected chi connectivity index (χ3v) is 6.95. The summed E-state index contributed by atoms with van der Waals surface area (Å²) in [5, 5.41) is 0.992. The van der Waals surface area contributed by atoms with Crippen molar-refractivity contribution in [3.05, 3.63) is 60.5 Å². The van der Waals surface area contributed by atoms with Crippen LogP contribution in [0.3, 0.4) is 0 Å². The fourth-order valence-corrected chi connectivity index (χ4v) is 4.98. The molecule has 1 fully saturated rings. The molecule has 4 rings (SSSR count). The lowest BCUT2D eigenvalue weighted by Gasteiger charge is -2.31. The summed E-state index contributed by atoms with van der Waals surface area (Å²) in [5.74, 6) is 0.0108. The fraction of sp³-hybridized carbons (Fsp3) is 0.286. The molecule has 0 bridgehead atoms. The van der Waals surface area contributed by atoms with Crippen molar-refractivity contribution in [1.82, 2.24) is 9.29 Å². The maximum absolute atomic E-state index is 13.9. The number of para-hydroxylation sites is 1. The fourth-order valence-electron chi connectivity index (χ4n) is 3.50. The SMILES string of the molecule is COc1ccc(S(=O)(=O)N2CCC(Oc3cccc4cccnc34)CC2)cc1F. The quantitative estimate of drug-likeness (QED) is 0.636. The van der Waals surface area contributed by atoms with E-state index < -0.39 is 15.8 Å². The van der Waals surface area contributed by atoms with E-state index in [4.69, 9.17) is 9.47 Å². The number of nitrogens with zero attached hydrogens (tertiary/aromatic N) is 2. The molecule has 1 aliphatic heterocycles. The molecule has 1 aromatic heterocycles. The van der Waals surface area contributed by atoms with Crippen LogP contribution in [-0.4, -0.2) is 44.0 Å². The lowest BCUT2D eigenvalue weighted by molar-refractivity contribution is 0.136. The molecule has 6 nitrogen and oxygen atoms in total. The second-order valence-electron chi connectivity index (χ2n) is 6.85. The number of sulfonamides is 1. The van der Waals surface area contributed by atoms with Gasteiger partial charge in [-0.15, -0.1) is 0 Å². The molecule has 1 saturated heterocycles. The Kier molecular flexibility index (Phi) is 5.38. The van der Waals surface area contributed by atoms with Crippen LogP contribution in [0.2, 0.25) is 0 Å². The van der Waals surface area contributed by atoms with Gasteiger partial charge in [0.1, 0.15) is 17.4 Å². The molecule has 0 radical (unpaired) electrons. The topological polar surface area (TPSA) is 68.7 Å². The van der Waals surface area contributed by atoms with Crippen LogP contribution >= 0.6 is 0 Å². The van der Waals surface area contributed by atoms with Crippen molar-refractivity contribution in [2.24, 2.45) is 0 Å². The van der Waals surface area contributed by atoms with E-state index in [-0.39, 0.29) is 16.7 Å². The molecule has 0 N–H and O–H groups in total. The van der Waals surface area contributed by atoms with Gasteiger partial charge in [-0.2, -0.15) is 4.31 Å². The Bertz CT molecular complexity index is 1120. The lowest BCUT2D eigenvalue weighted by atomic mass is 10.1. The molecule has 0 atom stereocenters. The van der Waals surface area contributed by atoms with Crippen LogP contribution in [0.1, 0.15) is 12.8 Å². The van der Waals surface area contributed by atoms with Crippen LogP contribution in [0.4, 0.5) is 4.39 Å². The van der Waals surface area contributed by atoms with Crippen molar-refractivity contribution in [2.45, 2.75) is 23.8 Å². The van der Waals surface area contributed by atoms with Crippen molar-refractivity contribution in [3.63, 3.8) is 0 Å². The molecule has 0 unspecified atom stereocenters. The number of hydrogen-bond donors (Lipinski definition) is 0. The third kappa shape index (κ3) is 3.90. The summed E-state index contributed by atoms with van der Waals surface area (Å²) in [5.41, 5.74) is 0.791. The Morgan fingerprint density at radius 3 is 2.55 bits per heavy atom. The van der Waals surface area contributed by atoms with Crippen molar-refractivity contribution in [2.75, 3.05) is 20.2 Å². The Labute approximate surface area is 168 Å². The second kappa shape index (κ2) is 7.96. The zero-order chi connectivity index (χ0) is 20.4. The van der Waals surface area contributed by atoms with Gasteiger partial charge >= 0.3 is 0 Å². The molecule has 1 aliphatic rings. The van der Waals surface area contributed by atoms with Gasteiger partial charge in [0.15, 0.2) is 11.6 Å². The van der Waals surface area contributed by atoms with E-state index in [0.717, 1.165) is 17.0 Å². The third-order valence-electron chi connectivity index (χ3n) is 5.05. The number of piperidine rings is 1. The second-order valence-corrected chi connectivity index (χ2v) is 8.79. The standard InChI is InChI=1S/C21H21FN2O4S/c1-27-19-8-7-17(14-18(19)22)29(25,26)24-12-9-16(10-13-24)28-20-6-2-4-15-5-3-11-23-21(15)20/h2-8,11,14,16H,9-10,12-13H2,1H3. The lowest BCUT2D eigenvalue weighted by Crippen LogP contribution is -2.41. The zero-order valence-electron chi connectivity index (χ0n) is 15.9. The van der Waals surface area contributed by atoms with E-state index in [1.165, 1.54) is 23.5 Å². The van der Waals surface area contributed by atoms with Gasteiger partial charge in [-0.25, -0.2) is 12.8 Å². The molecule has 0 aliphatic carbocycles. The highest BCUT2D eigenvalue weighted by molar-refractivity contribution is 7.89. The Hall–Kier alpha value is -2.71. The minimum absolute atomic E-state index is 0.0137. The summed E-state index contributed by atoms with van der Waals surface area (Å²) in [6, 6.07) is 13.3. The highest BCUT2D eigenvalue weighted by atomic mass is 32.2. The van der Waals surface area contributed by atoms with Gasteiger partial charge < -0.3 is 9.47 Å². The number of aromatic nitrogens is 1. The number of benzene rings is 2. The van der Waals surface area contributed by atoms with Crippen LogP contribution in [0.25, 0.3) is 10.9 Å². The number of hydrogen-bond acceptors (Lipinski definition) is 5. The largest absolute Gasteiger partial charge is 0.494 e. The van der Waals surface area contributed by atoms with E-state index in [2.05, 4.69) is 4.98 Å².